The smallest absolute Gasteiger partial charge is 0.330 e. The highest BCUT2D eigenvalue weighted by Gasteiger charge is 2.31. The van der Waals surface area contributed by atoms with Gasteiger partial charge in [-0.25, -0.2) is 4.79 Å². The Kier molecular flexibility index (Phi) is 4.74. The van der Waals surface area contributed by atoms with Crippen LogP contribution in [-0.2, 0) is 9.59 Å². The molecule has 20 heavy (non-hydrogen) atoms. The van der Waals surface area contributed by atoms with Crippen LogP contribution in [0.2, 0.25) is 0 Å². The largest absolute Gasteiger partial charge is 0.479 e. The van der Waals surface area contributed by atoms with Gasteiger partial charge in [-0.3, -0.25) is 4.79 Å². The van der Waals surface area contributed by atoms with Gasteiger partial charge in [-0.1, -0.05) is 43.2 Å². The summed E-state index contributed by atoms with van der Waals surface area (Å²) in [5, 5.41) is 11.9. The van der Waals surface area contributed by atoms with Crippen LogP contribution in [0.15, 0.2) is 30.3 Å². The summed E-state index contributed by atoms with van der Waals surface area (Å²) in [6.45, 7) is 0. The van der Waals surface area contributed by atoms with E-state index in [1.807, 2.05) is 0 Å². The van der Waals surface area contributed by atoms with Gasteiger partial charge in [0.05, 0.1) is 5.92 Å². The molecule has 0 aliphatic heterocycles. The van der Waals surface area contributed by atoms with Gasteiger partial charge in [0.2, 0.25) is 5.91 Å². The first-order chi connectivity index (χ1) is 9.59. The summed E-state index contributed by atoms with van der Waals surface area (Å²) in [4.78, 5) is 23.6. The van der Waals surface area contributed by atoms with Crippen LogP contribution in [0.25, 0.3) is 0 Å². The summed E-state index contributed by atoms with van der Waals surface area (Å²) in [5.74, 6) is -1.60. The molecule has 0 radical (unpaired) electrons. The molecule has 0 aromatic heterocycles. The Hall–Kier alpha value is -1.88. The zero-order valence-electron chi connectivity index (χ0n) is 11.3. The van der Waals surface area contributed by atoms with E-state index in [-0.39, 0.29) is 17.9 Å². The second-order valence-corrected chi connectivity index (χ2v) is 5.25. The highest BCUT2D eigenvalue weighted by molar-refractivity contribution is 5.86. The molecular formula is C15H20N2O3. The number of benzene rings is 1. The summed E-state index contributed by atoms with van der Waals surface area (Å²) < 4.78 is 0. The fraction of sp³-hybridized carbons (Fsp3) is 0.467. The number of nitrogens with two attached hydrogens (primary N) is 1. The Bertz CT molecular complexity index is 475. The van der Waals surface area contributed by atoms with Crippen molar-refractivity contribution in [3.05, 3.63) is 35.9 Å². The van der Waals surface area contributed by atoms with Crippen LogP contribution >= 0.6 is 0 Å². The van der Waals surface area contributed by atoms with Gasteiger partial charge >= 0.3 is 5.97 Å². The summed E-state index contributed by atoms with van der Waals surface area (Å²) >= 11 is 0. The molecule has 1 fully saturated rings. The van der Waals surface area contributed by atoms with E-state index in [0.717, 1.165) is 25.7 Å². The number of carbonyl (C=O) groups excluding carboxylic acids is 1. The van der Waals surface area contributed by atoms with E-state index in [1.165, 1.54) is 0 Å². The molecule has 2 rings (SSSR count). The minimum atomic E-state index is -1.06. The Morgan fingerprint density at radius 1 is 1.20 bits per heavy atom. The summed E-state index contributed by atoms with van der Waals surface area (Å²) in [5.41, 5.74) is 6.53. The number of nitrogens with one attached hydrogen (secondary N) is 1. The zero-order valence-corrected chi connectivity index (χ0v) is 11.3. The van der Waals surface area contributed by atoms with Crippen LogP contribution in [0.4, 0.5) is 0 Å². The number of hydrogen-bond acceptors (Lipinski definition) is 3. The molecule has 1 saturated carbocycles. The molecule has 0 spiro atoms. The fourth-order valence-corrected chi connectivity index (χ4v) is 2.67. The maximum atomic E-state index is 12.2. The van der Waals surface area contributed by atoms with E-state index >= 15 is 0 Å². The lowest BCUT2D eigenvalue weighted by Crippen LogP contribution is -2.46. The molecule has 5 heteroatoms. The summed E-state index contributed by atoms with van der Waals surface area (Å²) in [6.07, 6.45) is 3.55. The molecule has 1 aromatic carbocycles. The molecule has 0 heterocycles. The maximum Gasteiger partial charge on any atom is 0.330 e. The van der Waals surface area contributed by atoms with Gasteiger partial charge < -0.3 is 16.2 Å². The average molecular weight is 276 g/mol. The molecule has 5 nitrogen and oxygen atoms in total. The molecule has 4 N–H and O–H groups in total. The van der Waals surface area contributed by atoms with Crippen LogP contribution in [0, 0.1) is 5.92 Å². The average Bonchev–Trinajstić information content (AvgIpc) is 2.45. The van der Waals surface area contributed by atoms with Crippen molar-refractivity contribution in [2.45, 2.75) is 37.8 Å². The van der Waals surface area contributed by atoms with Crippen LogP contribution in [0.5, 0.6) is 0 Å². The second kappa shape index (κ2) is 6.52. The number of hydrogen-bond donors (Lipinski definition) is 3. The van der Waals surface area contributed by atoms with Crippen molar-refractivity contribution in [2.75, 3.05) is 0 Å². The van der Waals surface area contributed by atoms with Gasteiger partial charge in [0.25, 0.3) is 0 Å². The standard InChI is InChI=1S/C15H20N2O3/c16-12-9-5-4-8-11(12)14(18)17-13(15(19)20)10-6-2-1-3-7-10/h1-3,6-7,11-13H,4-5,8-9,16H2,(H,17,18)(H,19,20)/t11?,12?,13-/m1/s1. The lowest BCUT2D eigenvalue weighted by atomic mass is 9.84. The predicted molar refractivity (Wildman–Crippen MR) is 74.9 cm³/mol. The Labute approximate surface area is 118 Å². The predicted octanol–water partition coefficient (Wildman–Crippen LogP) is 1.45. The molecular weight excluding hydrogens is 256 g/mol. The molecule has 1 aliphatic rings. The van der Waals surface area contributed by atoms with Gasteiger partial charge in [-0.15, -0.1) is 0 Å². The highest BCUT2D eigenvalue weighted by atomic mass is 16.4. The van der Waals surface area contributed by atoms with E-state index in [9.17, 15) is 14.7 Å². The Balaban J connectivity index is 2.08. The van der Waals surface area contributed by atoms with Crippen molar-refractivity contribution in [2.24, 2.45) is 11.7 Å². The topological polar surface area (TPSA) is 92.4 Å². The molecule has 2 unspecified atom stereocenters. The zero-order chi connectivity index (χ0) is 14.5. The van der Waals surface area contributed by atoms with Crippen LogP contribution in [-0.4, -0.2) is 23.0 Å². The molecule has 1 aliphatic carbocycles. The Morgan fingerprint density at radius 2 is 1.85 bits per heavy atom. The number of amides is 1. The minimum absolute atomic E-state index is 0.172. The fourth-order valence-electron chi connectivity index (χ4n) is 2.67. The SMILES string of the molecule is NC1CCCCC1C(=O)N[C@@H](C(=O)O)c1ccccc1. The number of carbonyl (C=O) groups is 2. The third-order valence-corrected chi connectivity index (χ3v) is 3.82. The van der Waals surface area contributed by atoms with E-state index in [1.54, 1.807) is 30.3 Å². The first-order valence-electron chi connectivity index (χ1n) is 6.93. The van der Waals surface area contributed by atoms with Crippen molar-refractivity contribution < 1.29 is 14.7 Å². The molecule has 0 bridgehead atoms. The van der Waals surface area contributed by atoms with Crippen molar-refractivity contribution in [3.63, 3.8) is 0 Å². The lowest BCUT2D eigenvalue weighted by Gasteiger charge is -2.28. The molecule has 3 atom stereocenters. The van der Waals surface area contributed by atoms with E-state index in [2.05, 4.69) is 5.32 Å². The van der Waals surface area contributed by atoms with Gasteiger partial charge in [0, 0.05) is 6.04 Å². The third kappa shape index (κ3) is 3.36. The lowest BCUT2D eigenvalue weighted by molar-refractivity contribution is -0.143. The van der Waals surface area contributed by atoms with Crippen molar-refractivity contribution in [1.82, 2.24) is 5.32 Å². The van der Waals surface area contributed by atoms with Crippen LogP contribution in [0.1, 0.15) is 37.3 Å². The first-order valence-corrected chi connectivity index (χ1v) is 6.93. The maximum absolute atomic E-state index is 12.2. The second-order valence-electron chi connectivity index (χ2n) is 5.25. The number of carboxylic acid groups (broad SMARTS) is 1. The minimum Gasteiger partial charge on any atom is -0.479 e. The van der Waals surface area contributed by atoms with Gasteiger partial charge in [0.15, 0.2) is 6.04 Å². The Morgan fingerprint density at radius 3 is 2.45 bits per heavy atom. The van der Waals surface area contributed by atoms with E-state index < -0.39 is 12.0 Å². The van der Waals surface area contributed by atoms with Crippen molar-refractivity contribution in [3.8, 4) is 0 Å². The van der Waals surface area contributed by atoms with Gasteiger partial charge in [-0.05, 0) is 18.4 Å². The number of aliphatic carboxylic acids is 1. The van der Waals surface area contributed by atoms with Crippen LogP contribution < -0.4 is 11.1 Å². The number of rotatable bonds is 4. The third-order valence-electron chi connectivity index (χ3n) is 3.82. The monoisotopic (exact) mass is 276 g/mol. The summed E-state index contributed by atoms with van der Waals surface area (Å²) in [7, 11) is 0. The molecule has 1 aromatic rings. The quantitative estimate of drug-likeness (QED) is 0.776. The number of carboxylic acids is 1. The van der Waals surface area contributed by atoms with Gasteiger partial charge in [0.1, 0.15) is 0 Å². The molecule has 1 amide bonds. The van der Waals surface area contributed by atoms with Crippen molar-refractivity contribution in [1.29, 1.82) is 0 Å². The summed E-state index contributed by atoms with van der Waals surface area (Å²) in [6, 6.07) is 7.51. The molecule has 0 saturated heterocycles. The highest BCUT2D eigenvalue weighted by Crippen LogP contribution is 2.24. The van der Waals surface area contributed by atoms with E-state index in [0.29, 0.717) is 5.56 Å². The van der Waals surface area contributed by atoms with Crippen LogP contribution in [0.3, 0.4) is 0 Å². The normalized spacial score (nSPS) is 23.9. The molecule has 108 valence electrons. The van der Waals surface area contributed by atoms with E-state index in [4.69, 9.17) is 5.73 Å². The van der Waals surface area contributed by atoms with Crippen molar-refractivity contribution >= 4 is 11.9 Å². The first kappa shape index (κ1) is 14.5. The van der Waals surface area contributed by atoms with Gasteiger partial charge in [-0.2, -0.15) is 0 Å².